The maximum Gasteiger partial charge on any atom is 0.253 e. The van der Waals surface area contributed by atoms with Crippen molar-refractivity contribution < 1.29 is 4.79 Å². The summed E-state index contributed by atoms with van der Waals surface area (Å²) < 4.78 is 0. The van der Waals surface area contributed by atoms with Gasteiger partial charge >= 0.3 is 0 Å². The third-order valence-corrected chi connectivity index (χ3v) is 4.20. The van der Waals surface area contributed by atoms with Crippen molar-refractivity contribution in [2.45, 2.75) is 32.6 Å². The first-order chi connectivity index (χ1) is 9.24. The zero-order valence-electron chi connectivity index (χ0n) is 11.3. The van der Waals surface area contributed by atoms with Gasteiger partial charge in [-0.3, -0.25) is 4.79 Å². The topological polar surface area (TPSA) is 44.9 Å². The smallest absolute Gasteiger partial charge is 0.253 e. The fourth-order valence-corrected chi connectivity index (χ4v) is 2.84. The molecule has 19 heavy (non-hydrogen) atoms. The van der Waals surface area contributed by atoms with E-state index in [9.17, 15) is 4.79 Å². The van der Waals surface area contributed by atoms with Crippen LogP contribution in [0.15, 0.2) is 30.5 Å². The van der Waals surface area contributed by atoms with Crippen LogP contribution >= 0.6 is 0 Å². The molecule has 0 aliphatic heterocycles. The van der Waals surface area contributed by atoms with Gasteiger partial charge in [-0.1, -0.05) is 31.5 Å². The Morgan fingerprint density at radius 1 is 1.37 bits per heavy atom. The molecule has 0 unspecified atom stereocenters. The summed E-state index contributed by atoms with van der Waals surface area (Å²) in [5.41, 5.74) is 2.17. The molecule has 2 N–H and O–H groups in total. The van der Waals surface area contributed by atoms with Gasteiger partial charge in [0.2, 0.25) is 0 Å². The van der Waals surface area contributed by atoms with E-state index < -0.39 is 0 Å². The molecule has 1 saturated carbocycles. The van der Waals surface area contributed by atoms with E-state index in [0.717, 1.165) is 23.0 Å². The summed E-state index contributed by atoms with van der Waals surface area (Å²) in [7, 11) is 0. The van der Waals surface area contributed by atoms with Gasteiger partial charge < -0.3 is 10.3 Å². The maximum absolute atomic E-state index is 12.3. The summed E-state index contributed by atoms with van der Waals surface area (Å²) in [6.45, 7) is 3.03. The van der Waals surface area contributed by atoms with Gasteiger partial charge in [0, 0.05) is 23.6 Å². The second-order valence-electron chi connectivity index (χ2n) is 5.68. The highest BCUT2D eigenvalue weighted by Gasteiger charge is 2.41. The van der Waals surface area contributed by atoms with Gasteiger partial charge in [0.1, 0.15) is 0 Å². The fraction of sp³-hybridized carbons (Fsp3) is 0.438. The first kappa shape index (κ1) is 12.3. The van der Waals surface area contributed by atoms with Crippen LogP contribution in [0.4, 0.5) is 0 Å². The molecule has 2 aromatic rings. The van der Waals surface area contributed by atoms with Crippen LogP contribution in [0, 0.1) is 5.41 Å². The number of para-hydroxylation sites is 1. The van der Waals surface area contributed by atoms with E-state index in [4.69, 9.17) is 0 Å². The van der Waals surface area contributed by atoms with Crippen LogP contribution in [0.25, 0.3) is 10.9 Å². The molecule has 1 aliphatic carbocycles. The summed E-state index contributed by atoms with van der Waals surface area (Å²) in [5.74, 6) is 0.0415. The lowest BCUT2D eigenvalue weighted by atomic mass is 10.0. The average Bonchev–Trinajstić information content (AvgIpc) is 3.05. The molecule has 1 aromatic carbocycles. The SMILES string of the molecule is CCCC1(CNC(=O)c2c[nH]c3ccccc23)CC1. The largest absolute Gasteiger partial charge is 0.360 e. The number of fused-ring (bicyclic) bond motifs is 1. The number of aromatic nitrogens is 1. The van der Waals surface area contributed by atoms with E-state index in [0.29, 0.717) is 5.41 Å². The van der Waals surface area contributed by atoms with E-state index in [1.54, 1.807) is 6.20 Å². The monoisotopic (exact) mass is 256 g/mol. The van der Waals surface area contributed by atoms with Gasteiger partial charge in [0.15, 0.2) is 0 Å². The van der Waals surface area contributed by atoms with Gasteiger partial charge in [-0.05, 0) is 30.7 Å². The molecule has 1 aromatic heterocycles. The van der Waals surface area contributed by atoms with Crippen molar-refractivity contribution >= 4 is 16.8 Å². The van der Waals surface area contributed by atoms with E-state index in [1.807, 2.05) is 24.3 Å². The minimum atomic E-state index is 0.0415. The van der Waals surface area contributed by atoms with Gasteiger partial charge in [0.25, 0.3) is 5.91 Å². The van der Waals surface area contributed by atoms with Crippen LogP contribution in [0.2, 0.25) is 0 Å². The Labute approximate surface area is 113 Å². The molecule has 1 amide bonds. The summed E-state index contributed by atoms with van der Waals surface area (Å²) in [4.78, 5) is 15.4. The Balaban J connectivity index is 1.71. The predicted molar refractivity (Wildman–Crippen MR) is 77.2 cm³/mol. The molecule has 100 valence electrons. The number of hydrogen-bond acceptors (Lipinski definition) is 1. The van der Waals surface area contributed by atoms with Crippen molar-refractivity contribution in [2.75, 3.05) is 6.54 Å². The number of amides is 1. The molecule has 0 radical (unpaired) electrons. The van der Waals surface area contributed by atoms with Crippen LogP contribution in [-0.4, -0.2) is 17.4 Å². The normalized spacial score (nSPS) is 16.5. The van der Waals surface area contributed by atoms with Crippen molar-refractivity contribution in [1.82, 2.24) is 10.3 Å². The molecule has 0 saturated heterocycles. The molecule has 0 bridgehead atoms. The molecular weight excluding hydrogens is 236 g/mol. The molecular formula is C16H20N2O. The minimum Gasteiger partial charge on any atom is -0.360 e. The summed E-state index contributed by atoms with van der Waals surface area (Å²) in [6.07, 6.45) is 6.74. The van der Waals surface area contributed by atoms with Crippen LogP contribution < -0.4 is 5.32 Å². The highest BCUT2D eigenvalue weighted by molar-refractivity contribution is 6.06. The van der Waals surface area contributed by atoms with Crippen molar-refractivity contribution in [2.24, 2.45) is 5.41 Å². The van der Waals surface area contributed by atoms with Crippen molar-refractivity contribution in [3.05, 3.63) is 36.0 Å². The van der Waals surface area contributed by atoms with Gasteiger partial charge in [0.05, 0.1) is 5.56 Å². The fourth-order valence-electron chi connectivity index (χ4n) is 2.84. The van der Waals surface area contributed by atoms with Crippen molar-refractivity contribution in [1.29, 1.82) is 0 Å². The Morgan fingerprint density at radius 2 is 2.16 bits per heavy atom. The molecule has 1 fully saturated rings. The number of carbonyl (C=O) groups is 1. The predicted octanol–water partition coefficient (Wildman–Crippen LogP) is 3.48. The number of H-pyrrole nitrogens is 1. The van der Waals surface area contributed by atoms with Crippen molar-refractivity contribution in [3.63, 3.8) is 0 Å². The van der Waals surface area contributed by atoms with Crippen LogP contribution in [0.5, 0.6) is 0 Å². The van der Waals surface area contributed by atoms with E-state index in [-0.39, 0.29) is 5.91 Å². The van der Waals surface area contributed by atoms with Gasteiger partial charge in [-0.15, -0.1) is 0 Å². The van der Waals surface area contributed by atoms with Crippen LogP contribution in [0.3, 0.4) is 0 Å². The molecule has 3 heteroatoms. The number of benzene rings is 1. The second kappa shape index (κ2) is 4.72. The Bertz CT molecular complexity index is 596. The Hall–Kier alpha value is -1.77. The maximum atomic E-state index is 12.3. The molecule has 0 atom stereocenters. The zero-order chi connectivity index (χ0) is 13.3. The first-order valence-electron chi connectivity index (χ1n) is 7.08. The number of hydrogen-bond donors (Lipinski definition) is 2. The highest BCUT2D eigenvalue weighted by Crippen LogP contribution is 2.48. The third-order valence-electron chi connectivity index (χ3n) is 4.20. The lowest BCUT2D eigenvalue weighted by molar-refractivity contribution is 0.0945. The zero-order valence-corrected chi connectivity index (χ0v) is 11.3. The van der Waals surface area contributed by atoms with Crippen LogP contribution in [-0.2, 0) is 0 Å². The quantitative estimate of drug-likeness (QED) is 0.845. The Morgan fingerprint density at radius 3 is 2.89 bits per heavy atom. The van der Waals surface area contributed by atoms with E-state index >= 15 is 0 Å². The number of aromatic amines is 1. The Kier molecular flexibility index (Phi) is 3.05. The summed E-state index contributed by atoms with van der Waals surface area (Å²) in [5, 5.41) is 4.11. The van der Waals surface area contributed by atoms with Gasteiger partial charge in [-0.2, -0.15) is 0 Å². The minimum absolute atomic E-state index is 0.0415. The number of carbonyl (C=O) groups excluding carboxylic acids is 1. The van der Waals surface area contributed by atoms with Crippen LogP contribution in [0.1, 0.15) is 43.0 Å². The lowest BCUT2D eigenvalue weighted by Gasteiger charge is -2.14. The average molecular weight is 256 g/mol. The van der Waals surface area contributed by atoms with E-state index in [1.165, 1.54) is 25.7 Å². The van der Waals surface area contributed by atoms with E-state index in [2.05, 4.69) is 17.2 Å². The first-order valence-corrected chi connectivity index (χ1v) is 7.08. The summed E-state index contributed by atoms with van der Waals surface area (Å²) in [6, 6.07) is 7.92. The summed E-state index contributed by atoms with van der Waals surface area (Å²) >= 11 is 0. The number of rotatable bonds is 5. The molecule has 3 rings (SSSR count). The highest BCUT2D eigenvalue weighted by atomic mass is 16.1. The molecule has 3 nitrogen and oxygen atoms in total. The molecule has 1 heterocycles. The number of nitrogens with one attached hydrogen (secondary N) is 2. The third kappa shape index (κ3) is 2.37. The molecule has 0 spiro atoms. The standard InChI is InChI=1S/C16H20N2O/c1-2-7-16(8-9-16)11-18-15(19)13-10-17-14-6-4-3-5-12(13)14/h3-6,10,17H,2,7-9,11H2,1H3,(H,18,19). The molecule has 1 aliphatic rings. The van der Waals surface area contributed by atoms with Crippen molar-refractivity contribution in [3.8, 4) is 0 Å². The van der Waals surface area contributed by atoms with Gasteiger partial charge in [-0.25, -0.2) is 0 Å². The lowest BCUT2D eigenvalue weighted by Crippen LogP contribution is -2.30. The second-order valence-corrected chi connectivity index (χ2v) is 5.68.